The van der Waals surface area contributed by atoms with Gasteiger partial charge in [0, 0.05) is 24.0 Å². The molecular weight excluding hydrogens is 294 g/mol. The van der Waals surface area contributed by atoms with Crippen LogP contribution in [0.2, 0.25) is 0 Å². The highest BCUT2D eigenvalue weighted by Gasteiger charge is 2.23. The minimum absolute atomic E-state index is 0.300. The van der Waals surface area contributed by atoms with E-state index in [1.807, 2.05) is 6.92 Å². The Balaban J connectivity index is 2.03. The highest BCUT2D eigenvalue weighted by molar-refractivity contribution is 7.91. The van der Waals surface area contributed by atoms with Crippen LogP contribution in [0.15, 0.2) is 10.3 Å². The molecule has 20 heavy (non-hydrogen) atoms. The summed E-state index contributed by atoms with van der Waals surface area (Å²) in [5.74, 6) is 0. The number of nitrogens with one attached hydrogen (secondary N) is 1. The highest BCUT2D eigenvalue weighted by Crippen LogP contribution is 2.25. The topological polar surface area (TPSA) is 75.4 Å². The fourth-order valence-corrected chi connectivity index (χ4v) is 5.09. The number of nitrogens with zero attached hydrogens (tertiary/aromatic N) is 1. The number of hydrogen-bond donors (Lipinski definition) is 2. The molecule has 2 rings (SSSR count). The van der Waals surface area contributed by atoms with Crippen molar-refractivity contribution in [2.24, 2.45) is 5.73 Å². The molecule has 1 aliphatic heterocycles. The Morgan fingerprint density at radius 3 is 2.85 bits per heavy atom. The maximum absolute atomic E-state index is 12.3. The van der Waals surface area contributed by atoms with Crippen LogP contribution in [0, 0.1) is 6.92 Å². The van der Waals surface area contributed by atoms with E-state index >= 15 is 0 Å². The lowest BCUT2D eigenvalue weighted by molar-refractivity contribution is 0.187. The third-order valence-electron chi connectivity index (χ3n) is 3.88. The van der Waals surface area contributed by atoms with Gasteiger partial charge in [-0.25, -0.2) is 13.1 Å². The molecule has 0 aliphatic carbocycles. The smallest absolute Gasteiger partial charge is 0.250 e. The van der Waals surface area contributed by atoms with E-state index in [0.29, 0.717) is 23.3 Å². The van der Waals surface area contributed by atoms with Gasteiger partial charge in [0.2, 0.25) is 10.0 Å². The summed E-state index contributed by atoms with van der Waals surface area (Å²) in [5, 5.41) is 0. The van der Waals surface area contributed by atoms with Gasteiger partial charge in [-0.1, -0.05) is 6.42 Å². The molecule has 0 bridgehead atoms. The third-order valence-corrected chi connectivity index (χ3v) is 7.04. The van der Waals surface area contributed by atoms with E-state index in [2.05, 4.69) is 16.7 Å². The molecule has 0 amide bonds. The zero-order valence-corrected chi connectivity index (χ0v) is 13.7. The van der Waals surface area contributed by atoms with Crippen molar-refractivity contribution in [1.82, 2.24) is 9.62 Å². The lowest BCUT2D eigenvalue weighted by Gasteiger charge is -2.32. The highest BCUT2D eigenvalue weighted by atomic mass is 32.2. The van der Waals surface area contributed by atoms with Crippen molar-refractivity contribution < 1.29 is 8.42 Å². The van der Waals surface area contributed by atoms with E-state index in [0.717, 1.165) is 23.4 Å². The second-order valence-electron chi connectivity index (χ2n) is 5.36. The molecule has 1 aliphatic rings. The summed E-state index contributed by atoms with van der Waals surface area (Å²) >= 11 is 1.26. The Morgan fingerprint density at radius 1 is 1.50 bits per heavy atom. The second-order valence-corrected chi connectivity index (χ2v) is 8.49. The first-order valence-electron chi connectivity index (χ1n) is 6.93. The van der Waals surface area contributed by atoms with Gasteiger partial charge in [-0.15, -0.1) is 11.3 Å². The summed E-state index contributed by atoms with van der Waals surface area (Å²) in [7, 11) is -1.35. The third kappa shape index (κ3) is 3.59. The van der Waals surface area contributed by atoms with Crippen LogP contribution in [-0.2, 0) is 16.6 Å². The number of rotatable bonds is 5. The van der Waals surface area contributed by atoms with Crippen molar-refractivity contribution in [3.05, 3.63) is 16.5 Å². The van der Waals surface area contributed by atoms with Gasteiger partial charge in [-0.05, 0) is 45.0 Å². The largest absolute Gasteiger partial charge is 0.326 e. The molecule has 5 nitrogen and oxygen atoms in total. The summed E-state index contributed by atoms with van der Waals surface area (Å²) < 4.78 is 27.7. The van der Waals surface area contributed by atoms with E-state index in [1.54, 1.807) is 6.07 Å². The van der Waals surface area contributed by atoms with Gasteiger partial charge in [-0.2, -0.15) is 0 Å². The number of thiophene rings is 1. The van der Waals surface area contributed by atoms with Gasteiger partial charge >= 0.3 is 0 Å². The molecule has 114 valence electrons. The Labute approximate surface area is 125 Å². The van der Waals surface area contributed by atoms with Crippen molar-refractivity contribution in [1.29, 1.82) is 0 Å². The van der Waals surface area contributed by atoms with Crippen LogP contribution in [0.25, 0.3) is 0 Å². The first-order valence-corrected chi connectivity index (χ1v) is 9.23. The number of nitrogens with two attached hydrogens (primary N) is 1. The van der Waals surface area contributed by atoms with Crippen molar-refractivity contribution in [2.45, 2.75) is 43.0 Å². The van der Waals surface area contributed by atoms with E-state index in [4.69, 9.17) is 5.73 Å². The van der Waals surface area contributed by atoms with Gasteiger partial charge in [0.25, 0.3) is 0 Å². The summed E-state index contributed by atoms with van der Waals surface area (Å²) in [6.07, 6.45) is 3.42. The van der Waals surface area contributed by atoms with Gasteiger partial charge < -0.3 is 10.6 Å². The van der Waals surface area contributed by atoms with E-state index < -0.39 is 10.0 Å². The second kappa shape index (κ2) is 6.53. The average Bonchev–Trinajstić information content (AvgIpc) is 2.80. The van der Waals surface area contributed by atoms with Crippen molar-refractivity contribution in [3.63, 3.8) is 0 Å². The molecule has 3 N–H and O–H groups in total. The lowest BCUT2D eigenvalue weighted by Crippen LogP contribution is -2.44. The van der Waals surface area contributed by atoms with Crippen LogP contribution < -0.4 is 10.5 Å². The molecule has 0 aromatic carbocycles. The Morgan fingerprint density at radius 2 is 2.25 bits per heavy atom. The first-order chi connectivity index (χ1) is 9.44. The summed E-state index contributed by atoms with van der Waals surface area (Å²) in [5.41, 5.74) is 6.56. The minimum atomic E-state index is -3.41. The predicted octanol–water partition coefficient (Wildman–Crippen LogP) is 1.28. The molecule has 1 fully saturated rings. The van der Waals surface area contributed by atoms with Crippen LogP contribution in [-0.4, -0.2) is 39.5 Å². The summed E-state index contributed by atoms with van der Waals surface area (Å²) in [4.78, 5) is 3.16. The molecule has 0 spiro atoms. The fraction of sp³-hybridized carbons (Fsp3) is 0.692. The first kappa shape index (κ1) is 15.9. The average molecular weight is 317 g/mol. The molecule has 1 unspecified atom stereocenters. The summed E-state index contributed by atoms with van der Waals surface area (Å²) in [6, 6.07) is 2.01. The van der Waals surface area contributed by atoms with Gasteiger partial charge in [0.1, 0.15) is 4.21 Å². The van der Waals surface area contributed by atoms with Gasteiger partial charge in [0.05, 0.1) is 0 Å². The molecule has 1 aromatic heterocycles. The quantitative estimate of drug-likeness (QED) is 0.858. The maximum atomic E-state index is 12.3. The normalized spacial score (nSPS) is 21.2. The number of piperidine rings is 1. The molecule has 7 heteroatoms. The number of likely N-dealkylation sites (N-methyl/N-ethyl adjacent to an activating group) is 1. The molecule has 1 atom stereocenters. The SMILES string of the molecule is Cc1cc(S(=O)(=O)NCC2CCCCN2C)sc1CN. The molecular formula is C13H23N3O2S2. The van der Waals surface area contributed by atoms with Crippen LogP contribution >= 0.6 is 11.3 Å². The lowest BCUT2D eigenvalue weighted by atomic mass is 10.0. The minimum Gasteiger partial charge on any atom is -0.326 e. The van der Waals surface area contributed by atoms with Crippen LogP contribution in [0.3, 0.4) is 0 Å². The number of sulfonamides is 1. The number of hydrogen-bond acceptors (Lipinski definition) is 5. The van der Waals surface area contributed by atoms with E-state index in [1.165, 1.54) is 24.2 Å². The molecule has 2 heterocycles. The Kier molecular flexibility index (Phi) is 5.19. The van der Waals surface area contributed by atoms with E-state index in [9.17, 15) is 8.42 Å². The molecule has 1 aromatic rings. The molecule has 0 saturated carbocycles. The zero-order valence-electron chi connectivity index (χ0n) is 12.1. The number of likely N-dealkylation sites (tertiary alicyclic amines) is 1. The van der Waals surface area contributed by atoms with E-state index in [-0.39, 0.29) is 0 Å². The predicted molar refractivity (Wildman–Crippen MR) is 82.4 cm³/mol. The van der Waals surface area contributed by atoms with Crippen LogP contribution in [0.5, 0.6) is 0 Å². The molecule has 0 radical (unpaired) electrons. The van der Waals surface area contributed by atoms with Crippen molar-refractivity contribution >= 4 is 21.4 Å². The van der Waals surface area contributed by atoms with Crippen molar-refractivity contribution in [3.8, 4) is 0 Å². The number of aryl methyl sites for hydroxylation is 1. The summed E-state index contributed by atoms with van der Waals surface area (Å²) in [6.45, 7) is 3.81. The standard InChI is InChI=1S/C13H23N3O2S2/c1-10-7-13(19-12(10)8-14)20(17,18)15-9-11-5-3-4-6-16(11)2/h7,11,15H,3-6,8-9,14H2,1-2H3. The van der Waals surface area contributed by atoms with Crippen LogP contribution in [0.1, 0.15) is 29.7 Å². The van der Waals surface area contributed by atoms with Crippen LogP contribution in [0.4, 0.5) is 0 Å². The van der Waals surface area contributed by atoms with Crippen molar-refractivity contribution in [2.75, 3.05) is 20.1 Å². The fourth-order valence-electron chi connectivity index (χ4n) is 2.50. The Hall–Kier alpha value is -0.470. The molecule has 1 saturated heterocycles. The zero-order chi connectivity index (χ0) is 14.8. The van der Waals surface area contributed by atoms with Gasteiger partial charge in [0.15, 0.2) is 0 Å². The Bertz CT molecular complexity index is 554. The monoisotopic (exact) mass is 317 g/mol. The maximum Gasteiger partial charge on any atom is 0.250 e. The van der Waals surface area contributed by atoms with Gasteiger partial charge in [-0.3, -0.25) is 0 Å².